The quantitative estimate of drug-likeness (QED) is 0.718. The van der Waals surface area contributed by atoms with Gasteiger partial charge in [0.15, 0.2) is 5.82 Å². The van der Waals surface area contributed by atoms with Crippen molar-refractivity contribution in [3.05, 3.63) is 76.3 Å². The highest BCUT2D eigenvalue weighted by Gasteiger charge is 2.13. The topological polar surface area (TPSA) is 97.1 Å². The van der Waals surface area contributed by atoms with Crippen molar-refractivity contribution in [3.63, 3.8) is 0 Å². The third-order valence-corrected chi connectivity index (χ3v) is 3.74. The number of hydrogen-bond acceptors (Lipinski definition) is 5. The normalized spacial score (nSPS) is 10.4. The summed E-state index contributed by atoms with van der Waals surface area (Å²) in [4.78, 5) is 28.5. The minimum absolute atomic E-state index is 0.142. The fourth-order valence-electron chi connectivity index (χ4n) is 2.18. The van der Waals surface area contributed by atoms with E-state index in [4.69, 9.17) is 16.1 Å². The average Bonchev–Trinajstić information content (AvgIpc) is 3.05. The fourth-order valence-corrected chi connectivity index (χ4v) is 2.31. The molecule has 132 valence electrons. The van der Waals surface area contributed by atoms with Crippen LogP contribution in [0.5, 0.6) is 0 Å². The molecule has 2 N–H and O–H groups in total. The molecule has 0 atom stereocenters. The molecule has 0 radical (unpaired) electrons. The summed E-state index contributed by atoms with van der Waals surface area (Å²) < 4.78 is 4.90. The first kappa shape index (κ1) is 17.6. The zero-order valence-corrected chi connectivity index (χ0v) is 14.6. The van der Waals surface area contributed by atoms with Gasteiger partial charge in [0.2, 0.25) is 0 Å². The Kier molecular flexibility index (Phi) is 5.28. The van der Waals surface area contributed by atoms with Crippen molar-refractivity contribution >= 4 is 29.2 Å². The number of carbonyl (C=O) groups is 2. The summed E-state index contributed by atoms with van der Waals surface area (Å²) in [5, 5.41) is 9.67. The first-order valence-corrected chi connectivity index (χ1v) is 8.12. The lowest BCUT2D eigenvalue weighted by Gasteiger charge is -2.06. The Morgan fingerprint density at radius 3 is 2.58 bits per heavy atom. The zero-order chi connectivity index (χ0) is 18.5. The summed E-state index contributed by atoms with van der Waals surface area (Å²) in [6.07, 6.45) is 1.40. The largest absolute Gasteiger partial charge is 0.360 e. The van der Waals surface area contributed by atoms with Gasteiger partial charge in [-0.3, -0.25) is 14.6 Å². The van der Waals surface area contributed by atoms with E-state index in [1.165, 1.54) is 18.3 Å². The number of nitrogens with zero attached hydrogens (tertiary/aromatic N) is 2. The van der Waals surface area contributed by atoms with Crippen LogP contribution in [-0.4, -0.2) is 22.0 Å². The first-order valence-electron chi connectivity index (χ1n) is 7.74. The average molecular weight is 371 g/mol. The van der Waals surface area contributed by atoms with Crippen LogP contribution in [0.25, 0.3) is 0 Å². The van der Waals surface area contributed by atoms with Crippen molar-refractivity contribution in [2.24, 2.45) is 0 Å². The molecule has 3 aromatic rings. The van der Waals surface area contributed by atoms with Crippen LogP contribution in [-0.2, 0) is 6.54 Å². The van der Waals surface area contributed by atoms with Gasteiger partial charge in [-0.05, 0) is 36.8 Å². The minimum Gasteiger partial charge on any atom is -0.360 e. The molecule has 0 unspecified atom stereocenters. The lowest BCUT2D eigenvalue weighted by molar-refractivity contribution is 0.0946. The van der Waals surface area contributed by atoms with Gasteiger partial charge < -0.3 is 15.2 Å². The number of carbonyl (C=O) groups excluding carboxylic acids is 2. The molecule has 0 aliphatic rings. The molecule has 0 saturated carbocycles. The predicted molar refractivity (Wildman–Crippen MR) is 96.1 cm³/mol. The molecule has 2 heterocycles. The number of amides is 2. The number of pyridine rings is 1. The van der Waals surface area contributed by atoms with Crippen LogP contribution in [0.1, 0.15) is 32.2 Å². The monoisotopic (exact) mass is 370 g/mol. The number of aryl methyl sites for hydroxylation is 1. The minimum atomic E-state index is -0.410. The van der Waals surface area contributed by atoms with Crippen molar-refractivity contribution in [2.75, 3.05) is 5.32 Å². The number of aromatic nitrogens is 2. The van der Waals surface area contributed by atoms with Gasteiger partial charge in [0.1, 0.15) is 11.5 Å². The Morgan fingerprint density at radius 2 is 1.88 bits per heavy atom. The first-order chi connectivity index (χ1) is 12.5. The highest BCUT2D eigenvalue weighted by atomic mass is 35.5. The Morgan fingerprint density at radius 1 is 1.12 bits per heavy atom. The molecule has 7 nitrogen and oxygen atoms in total. The van der Waals surface area contributed by atoms with E-state index in [-0.39, 0.29) is 17.2 Å². The van der Waals surface area contributed by atoms with Crippen LogP contribution in [0.15, 0.2) is 53.2 Å². The third-order valence-electron chi connectivity index (χ3n) is 3.49. The second-order valence-electron chi connectivity index (χ2n) is 5.52. The lowest BCUT2D eigenvalue weighted by Crippen LogP contribution is -2.24. The van der Waals surface area contributed by atoms with Crippen LogP contribution in [0, 0.1) is 6.92 Å². The van der Waals surface area contributed by atoms with Gasteiger partial charge in [-0.15, -0.1) is 0 Å². The molecule has 26 heavy (non-hydrogen) atoms. The van der Waals surface area contributed by atoms with Gasteiger partial charge in [-0.2, -0.15) is 0 Å². The Hall–Kier alpha value is -3.19. The van der Waals surface area contributed by atoms with Gasteiger partial charge in [-0.1, -0.05) is 28.9 Å². The SMILES string of the molecule is Cc1cc(NC(=O)c2ccnc(C(=O)NCc3ccc(Cl)cc3)c2)no1. The standard InChI is InChI=1S/C18H15ClN4O3/c1-11-8-16(23-26-11)22-17(24)13-6-7-20-15(9-13)18(25)21-10-12-2-4-14(19)5-3-12/h2-9H,10H2,1H3,(H,21,25)(H,22,23,24). The van der Waals surface area contributed by atoms with E-state index in [1.807, 2.05) is 12.1 Å². The molecule has 0 bridgehead atoms. The van der Waals surface area contributed by atoms with Gasteiger partial charge in [0, 0.05) is 29.4 Å². The molecule has 2 amide bonds. The number of anilines is 1. The second-order valence-corrected chi connectivity index (χ2v) is 5.95. The van der Waals surface area contributed by atoms with E-state index in [9.17, 15) is 9.59 Å². The van der Waals surface area contributed by atoms with E-state index in [0.717, 1.165) is 5.56 Å². The fraction of sp³-hybridized carbons (Fsp3) is 0.111. The Bertz CT molecular complexity index is 938. The van der Waals surface area contributed by atoms with Crippen LogP contribution in [0.4, 0.5) is 5.82 Å². The van der Waals surface area contributed by atoms with Gasteiger partial charge in [0.25, 0.3) is 11.8 Å². The maximum Gasteiger partial charge on any atom is 0.270 e. The number of benzene rings is 1. The van der Waals surface area contributed by atoms with Gasteiger partial charge in [-0.25, -0.2) is 0 Å². The smallest absolute Gasteiger partial charge is 0.270 e. The van der Waals surface area contributed by atoms with Crippen LogP contribution in [0.2, 0.25) is 5.02 Å². The number of nitrogens with one attached hydrogen (secondary N) is 2. The van der Waals surface area contributed by atoms with E-state index < -0.39 is 5.91 Å². The molecule has 0 aliphatic carbocycles. The molecule has 0 fully saturated rings. The van der Waals surface area contributed by atoms with Crippen molar-refractivity contribution < 1.29 is 14.1 Å². The molecular weight excluding hydrogens is 356 g/mol. The zero-order valence-electron chi connectivity index (χ0n) is 13.8. The van der Waals surface area contributed by atoms with E-state index in [2.05, 4.69) is 20.8 Å². The molecule has 0 spiro atoms. The summed E-state index contributed by atoms with van der Waals surface area (Å²) in [5.74, 6) is 0.0923. The molecular formula is C18H15ClN4O3. The Labute approximate surface area is 154 Å². The molecule has 3 rings (SSSR count). The highest BCUT2D eigenvalue weighted by molar-refractivity contribution is 6.30. The molecule has 0 aliphatic heterocycles. The number of halogens is 1. The number of hydrogen-bond donors (Lipinski definition) is 2. The summed E-state index contributed by atoms with van der Waals surface area (Å²) in [6.45, 7) is 2.05. The summed E-state index contributed by atoms with van der Waals surface area (Å²) in [7, 11) is 0. The van der Waals surface area contributed by atoms with Crippen molar-refractivity contribution in [1.29, 1.82) is 0 Å². The molecule has 2 aromatic heterocycles. The second kappa shape index (κ2) is 7.79. The third kappa shape index (κ3) is 4.46. The maximum absolute atomic E-state index is 12.3. The van der Waals surface area contributed by atoms with Gasteiger partial charge >= 0.3 is 0 Å². The van der Waals surface area contributed by atoms with Crippen molar-refractivity contribution in [2.45, 2.75) is 13.5 Å². The molecule has 8 heteroatoms. The van der Waals surface area contributed by atoms with E-state index >= 15 is 0 Å². The van der Waals surface area contributed by atoms with Crippen LogP contribution in [0.3, 0.4) is 0 Å². The van der Waals surface area contributed by atoms with E-state index in [1.54, 1.807) is 25.1 Å². The molecule has 1 aromatic carbocycles. The molecule has 0 saturated heterocycles. The summed E-state index contributed by atoms with van der Waals surface area (Å²) >= 11 is 5.83. The summed E-state index contributed by atoms with van der Waals surface area (Å²) in [6, 6.07) is 11.7. The number of rotatable bonds is 5. The maximum atomic E-state index is 12.3. The van der Waals surface area contributed by atoms with Crippen molar-refractivity contribution in [3.8, 4) is 0 Å². The summed E-state index contributed by atoms with van der Waals surface area (Å²) in [5.41, 5.74) is 1.33. The van der Waals surface area contributed by atoms with E-state index in [0.29, 0.717) is 23.1 Å². The van der Waals surface area contributed by atoms with Crippen LogP contribution >= 0.6 is 11.6 Å². The Balaban J connectivity index is 1.64. The predicted octanol–water partition coefficient (Wildman–Crippen LogP) is 3.21. The van der Waals surface area contributed by atoms with Gasteiger partial charge in [0.05, 0.1) is 0 Å². The lowest BCUT2D eigenvalue weighted by atomic mass is 10.2. The highest BCUT2D eigenvalue weighted by Crippen LogP contribution is 2.11. The van der Waals surface area contributed by atoms with Crippen LogP contribution < -0.4 is 10.6 Å². The van der Waals surface area contributed by atoms with Crippen molar-refractivity contribution in [1.82, 2.24) is 15.5 Å².